The van der Waals surface area contributed by atoms with Gasteiger partial charge in [0.15, 0.2) is 0 Å². The van der Waals surface area contributed by atoms with E-state index in [-0.39, 0.29) is 6.61 Å². The fourth-order valence-electron chi connectivity index (χ4n) is 1.07. The van der Waals surface area contributed by atoms with Crippen molar-refractivity contribution in [2.45, 2.75) is 20.5 Å². The number of hydrogen-bond donors (Lipinski definition) is 0. The maximum atomic E-state index is 10.9. The smallest absolute Gasteiger partial charge is 0.417 e. The van der Waals surface area contributed by atoms with Gasteiger partial charge in [-0.05, 0) is 19.4 Å². The topological polar surface area (TPSA) is 61.8 Å². The third kappa shape index (κ3) is 8.79. The first-order valence-electron chi connectivity index (χ1n) is 6.02. The Kier molecular flexibility index (Phi) is 10.1. The molecule has 1 rings (SSSR count). The van der Waals surface area contributed by atoms with Gasteiger partial charge in [-0.15, -0.1) is 0 Å². The summed E-state index contributed by atoms with van der Waals surface area (Å²) in [5, 5.41) is 0. The van der Waals surface area contributed by atoms with Crippen molar-refractivity contribution in [2.75, 3.05) is 20.3 Å². The second kappa shape index (κ2) is 11.2. The second-order valence-electron chi connectivity index (χ2n) is 3.33. The molecule has 106 valence electrons. The maximum absolute atomic E-state index is 10.9. The lowest BCUT2D eigenvalue weighted by Gasteiger charge is -2.02. The average Bonchev–Trinajstić information content (AvgIpc) is 2.46. The van der Waals surface area contributed by atoms with Crippen LogP contribution < -0.4 is 0 Å². The van der Waals surface area contributed by atoms with Gasteiger partial charge in [0.05, 0.1) is 7.11 Å². The van der Waals surface area contributed by atoms with E-state index in [2.05, 4.69) is 9.47 Å². The van der Waals surface area contributed by atoms with Gasteiger partial charge in [0.25, 0.3) is 0 Å². The highest BCUT2D eigenvalue weighted by atomic mass is 16.6. The van der Waals surface area contributed by atoms with E-state index < -0.39 is 11.9 Å². The van der Waals surface area contributed by atoms with Crippen LogP contribution >= 0.6 is 0 Å². The molecule has 0 bridgehead atoms. The molecule has 5 nitrogen and oxygen atoms in total. The van der Waals surface area contributed by atoms with Gasteiger partial charge >= 0.3 is 11.9 Å². The van der Waals surface area contributed by atoms with Gasteiger partial charge in [-0.2, -0.15) is 0 Å². The molecule has 0 aliphatic carbocycles. The molecular weight excluding hydrogens is 248 g/mol. The lowest BCUT2D eigenvalue weighted by molar-refractivity contribution is -0.166. The van der Waals surface area contributed by atoms with Crippen LogP contribution in [0.1, 0.15) is 19.4 Å². The van der Waals surface area contributed by atoms with E-state index in [9.17, 15) is 9.59 Å². The number of hydrogen-bond acceptors (Lipinski definition) is 5. The molecule has 0 unspecified atom stereocenters. The summed E-state index contributed by atoms with van der Waals surface area (Å²) in [6.45, 7) is 5.74. The Hall–Kier alpha value is -1.88. The SMILES string of the molecule is CCOCC.COC(=O)C(=O)OCc1ccccc1. The molecule has 1 aromatic carbocycles. The van der Waals surface area contributed by atoms with Gasteiger partial charge in [-0.1, -0.05) is 30.3 Å². The Bertz CT molecular complexity index is 359. The molecule has 0 aliphatic rings. The quantitative estimate of drug-likeness (QED) is 0.617. The zero-order valence-electron chi connectivity index (χ0n) is 11.5. The van der Waals surface area contributed by atoms with Crippen LogP contribution in [0.25, 0.3) is 0 Å². The van der Waals surface area contributed by atoms with Crippen LogP contribution in [-0.2, 0) is 30.4 Å². The Balaban J connectivity index is 0.000000555. The van der Waals surface area contributed by atoms with Crippen molar-refractivity contribution in [3.05, 3.63) is 35.9 Å². The molecule has 0 atom stereocenters. The molecule has 0 N–H and O–H groups in total. The second-order valence-corrected chi connectivity index (χ2v) is 3.33. The normalized spacial score (nSPS) is 9.00. The van der Waals surface area contributed by atoms with Crippen LogP contribution in [0.3, 0.4) is 0 Å². The van der Waals surface area contributed by atoms with Crippen molar-refractivity contribution in [1.82, 2.24) is 0 Å². The van der Waals surface area contributed by atoms with E-state index in [1.165, 1.54) is 0 Å². The van der Waals surface area contributed by atoms with Crippen LogP contribution in [0.15, 0.2) is 30.3 Å². The van der Waals surface area contributed by atoms with E-state index in [0.717, 1.165) is 25.9 Å². The zero-order chi connectivity index (χ0) is 14.5. The fourth-order valence-corrected chi connectivity index (χ4v) is 1.07. The van der Waals surface area contributed by atoms with Gasteiger partial charge < -0.3 is 14.2 Å². The highest BCUT2D eigenvalue weighted by Gasteiger charge is 2.14. The molecule has 0 saturated heterocycles. The van der Waals surface area contributed by atoms with Crippen LogP contribution in [0, 0.1) is 0 Å². The van der Waals surface area contributed by atoms with Crippen molar-refractivity contribution in [2.24, 2.45) is 0 Å². The zero-order valence-corrected chi connectivity index (χ0v) is 11.5. The van der Waals surface area contributed by atoms with Crippen LogP contribution in [0.4, 0.5) is 0 Å². The third-order valence-electron chi connectivity index (χ3n) is 1.97. The largest absolute Gasteiger partial charge is 0.461 e. The Morgan fingerprint density at radius 3 is 2.00 bits per heavy atom. The number of carbonyl (C=O) groups excluding carboxylic acids is 2. The summed E-state index contributed by atoms with van der Waals surface area (Å²) in [4.78, 5) is 21.5. The number of carbonyl (C=O) groups is 2. The Morgan fingerprint density at radius 2 is 1.58 bits per heavy atom. The van der Waals surface area contributed by atoms with Crippen LogP contribution in [0.2, 0.25) is 0 Å². The monoisotopic (exact) mass is 268 g/mol. The molecule has 0 radical (unpaired) electrons. The summed E-state index contributed by atoms with van der Waals surface area (Å²) in [5.41, 5.74) is 0.824. The Morgan fingerprint density at radius 1 is 1.00 bits per heavy atom. The molecule has 1 aromatic rings. The predicted molar refractivity (Wildman–Crippen MR) is 70.4 cm³/mol. The highest BCUT2D eigenvalue weighted by molar-refractivity contribution is 6.29. The van der Waals surface area contributed by atoms with E-state index in [0.29, 0.717) is 0 Å². The summed E-state index contributed by atoms with van der Waals surface area (Å²) in [7, 11) is 1.13. The summed E-state index contributed by atoms with van der Waals surface area (Å²) >= 11 is 0. The van der Waals surface area contributed by atoms with E-state index in [1.54, 1.807) is 12.1 Å². The summed E-state index contributed by atoms with van der Waals surface area (Å²) in [5.74, 6) is -1.96. The van der Waals surface area contributed by atoms with Crippen molar-refractivity contribution in [1.29, 1.82) is 0 Å². The first-order valence-corrected chi connectivity index (χ1v) is 6.02. The molecule has 0 aliphatic heterocycles. The maximum Gasteiger partial charge on any atom is 0.417 e. The lowest BCUT2D eigenvalue weighted by Crippen LogP contribution is -2.18. The first-order chi connectivity index (χ1) is 9.15. The number of benzene rings is 1. The minimum Gasteiger partial charge on any atom is -0.461 e. The van der Waals surface area contributed by atoms with E-state index in [1.807, 2.05) is 32.0 Å². The van der Waals surface area contributed by atoms with Gasteiger partial charge in [0, 0.05) is 13.2 Å². The van der Waals surface area contributed by atoms with Crippen LogP contribution in [0.5, 0.6) is 0 Å². The Labute approximate surface area is 113 Å². The van der Waals surface area contributed by atoms with Crippen molar-refractivity contribution < 1.29 is 23.8 Å². The van der Waals surface area contributed by atoms with Gasteiger partial charge in [0.2, 0.25) is 0 Å². The number of ether oxygens (including phenoxy) is 3. The van der Waals surface area contributed by atoms with Gasteiger partial charge in [-0.25, -0.2) is 9.59 Å². The van der Waals surface area contributed by atoms with Crippen molar-refractivity contribution >= 4 is 11.9 Å². The predicted octanol–water partition coefficient (Wildman–Crippen LogP) is 1.95. The standard InChI is InChI=1S/C10H10O4.C4H10O/c1-13-9(11)10(12)14-7-8-5-3-2-4-6-8;1-3-5-4-2/h2-6H,7H2,1H3;3-4H2,1-2H3. The average molecular weight is 268 g/mol. The molecule has 5 heteroatoms. The molecule has 0 spiro atoms. The summed E-state index contributed by atoms with van der Waals surface area (Å²) < 4.78 is 13.7. The van der Waals surface area contributed by atoms with Gasteiger partial charge in [0.1, 0.15) is 6.61 Å². The highest BCUT2D eigenvalue weighted by Crippen LogP contribution is 2.00. The minimum atomic E-state index is -0.985. The van der Waals surface area contributed by atoms with Crippen molar-refractivity contribution in [3.63, 3.8) is 0 Å². The number of esters is 2. The third-order valence-corrected chi connectivity index (χ3v) is 1.97. The van der Waals surface area contributed by atoms with Crippen LogP contribution in [-0.4, -0.2) is 32.3 Å². The molecule has 0 fully saturated rings. The summed E-state index contributed by atoms with van der Waals surface area (Å²) in [6.07, 6.45) is 0. The van der Waals surface area contributed by atoms with E-state index >= 15 is 0 Å². The minimum absolute atomic E-state index is 0.0781. The fraction of sp³-hybridized carbons (Fsp3) is 0.429. The molecule has 19 heavy (non-hydrogen) atoms. The summed E-state index contributed by atoms with van der Waals surface area (Å²) in [6, 6.07) is 9.09. The lowest BCUT2D eigenvalue weighted by atomic mass is 10.2. The molecule has 0 saturated carbocycles. The van der Waals surface area contributed by atoms with Gasteiger partial charge in [-0.3, -0.25) is 0 Å². The number of methoxy groups -OCH3 is 1. The van der Waals surface area contributed by atoms with E-state index in [4.69, 9.17) is 4.74 Å². The first kappa shape index (κ1) is 17.1. The molecule has 0 aromatic heterocycles. The number of rotatable bonds is 4. The molecule has 0 amide bonds. The molecular formula is C14H20O5. The van der Waals surface area contributed by atoms with Crippen molar-refractivity contribution in [3.8, 4) is 0 Å². The molecule has 0 heterocycles.